The van der Waals surface area contributed by atoms with E-state index in [1.165, 1.54) is 69.9 Å². The van der Waals surface area contributed by atoms with Crippen LogP contribution in [0.4, 0.5) is 17.1 Å². The van der Waals surface area contributed by atoms with Crippen LogP contribution in [0.1, 0.15) is 82.3 Å². The number of aliphatic imine (C=N–C) groups is 1. The molecule has 1 atom stereocenters. The van der Waals surface area contributed by atoms with Gasteiger partial charge in [-0.1, -0.05) is 106 Å². The lowest BCUT2D eigenvalue weighted by atomic mass is 10.1. The number of benzene rings is 3. The molecule has 0 aromatic heterocycles. The van der Waals surface area contributed by atoms with E-state index in [-0.39, 0.29) is 43.7 Å². The summed E-state index contributed by atoms with van der Waals surface area (Å²) in [6, 6.07) is 11.8. The van der Waals surface area contributed by atoms with E-state index < -0.39 is 21.8 Å². The number of methoxy groups -OCH3 is 1. The van der Waals surface area contributed by atoms with Crippen LogP contribution in [0.25, 0.3) is 0 Å². The largest absolute Gasteiger partial charge is 0.494 e. The lowest BCUT2D eigenvalue weighted by Gasteiger charge is -2.19. The van der Waals surface area contributed by atoms with Gasteiger partial charge in [0.2, 0.25) is 6.04 Å². The normalized spacial score (nSPS) is 15.8. The van der Waals surface area contributed by atoms with Gasteiger partial charge in [0.05, 0.1) is 33.5 Å². The third-order valence-corrected chi connectivity index (χ3v) is 11.0. The summed E-state index contributed by atoms with van der Waals surface area (Å²) in [6.07, 6.45) is 11.2. The van der Waals surface area contributed by atoms with Crippen LogP contribution in [0.5, 0.6) is 5.75 Å². The molecule has 3 aromatic carbocycles. The number of hydrogen-bond donors (Lipinski definition) is 1. The van der Waals surface area contributed by atoms with Crippen LogP contribution in [0.3, 0.4) is 0 Å². The number of hydrogen-bond acceptors (Lipinski definition) is 7. The van der Waals surface area contributed by atoms with Crippen molar-refractivity contribution in [1.82, 2.24) is 5.43 Å². The highest BCUT2D eigenvalue weighted by molar-refractivity contribution is 7.91. The van der Waals surface area contributed by atoms with Gasteiger partial charge in [0.15, 0.2) is 15.7 Å². The zero-order chi connectivity index (χ0) is 35.6. The number of anilines is 1. The Kier molecular flexibility index (Phi) is 14.3. The first-order valence-electron chi connectivity index (χ1n) is 16.7. The molecular formula is C36H44Cl3N5O4S. The van der Waals surface area contributed by atoms with Gasteiger partial charge >= 0.3 is 0 Å². The molecule has 9 nitrogen and oxygen atoms in total. The van der Waals surface area contributed by atoms with Crippen molar-refractivity contribution in [3.05, 3.63) is 74.7 Å². The summed E-state index contributed by atoms with van der Waals surface area (Å²) in [5.41, 5.74) is 6.11. The fourth-order valence-corrected chi connectivity index (χ4v) is 7.83. The Hall–Kier alpha value is -3.18. The number of amidine groups is 1. The lowest BCUT2D eigenvalue weighted by molar-refractivity contribution is -0.117. The van der Waals surface area contributed by atoms with Crippen LogP contribution < -0.4 is 15.2 Å². The summed E-state index contributed by atoms with van der Waals surface area (Å²) in [4.78, 5) is 18.6. The molecule has 13 heteroatoms. The molecule has 0 aliphatic carbocycles. The maximum absolute atomic E-state index is 13.8. The number of rotatable bonds is 17. The first kappa shape index (κ1) is 38.6. The van der Waals surface area contributed by atoms with Gasteiger partial charge < -0.3 is 4.74 Å². The van der Waals surface area contributed by atoms with E-state index in [4.69, 9.17) is 39.5 Å². The molecule has 1 amide bonds. The molecule has 264 valence electrons. The summed E-state index contributed by atoms with van der Waals surface area (Å²) < 4.78 is 32.0. The highest BCUT2D eigenvalue weighted by atomic mass is 35.5. The minimum absolute atomic E-state index is 0.0507. The molecule has 1 fully saturated rings. The summed E-state index contributed by atoms with van der Waals surface area (Å²) in [5.74, 6) is -0.155. The lowest BCUT2D eigenvalue weighted by Crippen LogP contribution is -2.36. The molecule has 1 aliphatic heterocycles. The molecule has 1 saturated heterocycles. The van der Waals surface area contributed by atoms with E-state index in [0.29, 0.717) is 17.1 Å². The van der Waals surface area contributed by atoms with Crippen molar-refractivity contribution in [2.24, 2.45) is 15.2 Å². The molecule has 4 rings (SSSR count). The van der Waals surface area contributed by atoms with Crippen molar-refractivity contribution in [2.45, 2.75) is 95.9 Å². The standard InChI is InChI=1S/C36H44Cl3N5O4S/c1-5-6-7-8-9-10-11-12-13-14-19-49(46,47)28-17-18-31(32(23-28)48-4)40-35-33(42-41-27-16-15-24(2)25(3)20-27)36(45)44(43-35)34-29(38)21-26(37)22-30(34)39/h15-18,20-23,33H,5-14,19H2,1-4H3,(H,40,43). The van der Waals surface area contributed by atoms with Gasteiger partial charge in [0.25, 0.3) is 5.91 Å². The number of hydrazine groups is 1. The third-order valence-electron chi connectivity index (χ3n) is 8.44. The summed E-state index contributed by atoms with van der Waals surface area (Å²) in [7, 11) is -2.12. The number of carbonyl (C=O) groups is 1. The van der Waals surface area contributed by atoms with Crippen LogP contribution in [0.15, 0.2) is 68.6 Å². The Balaban J connectivity index is 1.55. The van der Waals surface area contributed by atoms with Crippen molar-refractivity contribution in [3.63, 3.8) is 0 Å². The molecule has 1 heterocycles. The number of nitrogens with one attached hydrogen (secondary N) is 1. The molecule has 0 spiro atoms. The maximum atomic E-state index is 13.8. The quantitative estimate of drug-likeness (QED) is 0.109. The first-order chi connectivity index (χ1) is 23.4. The molecule has 0 saturated carbocycles. The molecule has 1 N–H and O–H groups in total. The van der Waals surface area contributed by atoms with Gasteiger partial charge in [-0.2, -0.15) is 10.2 Å². The van der Waals surface area contributed by atoms with Crippen LogP contribution in [-0.2, 0) is 14.6 Å². The van der Waals surface area contributed by atoms with E-state index >= 15 is 0 Å². The number of halogens is 3. The Morgan fingerprint density at radius 1 is 0.837 bits per heavy atom. The molecule has 3 aromatic rings. The van der Waals surface area contributed by atoms with Gasteiger partial charge in [-0.25, -0.2) is 18.4 Å². The van der Waals surface area contributed by atoms with Crippen LogP contribution in [0, 0.1) is 13.8 Å². The maximum Gasteiger partial charge on any atom is 0.280 e. The average Bonchev–Trinajstić information content (AvgIpc) is 3.35. The monoisotopic (exact) mass is 747 g/mol. The summed E-state index contributed by atoms with van der Waals surface area (Å²) >= 11 is 19.0. The fraction of sp³-hybridized carbons (Fsp3) is 0.444. The highest BCUT2D eigenvalue weighted by Gasteiger charge is 2.41. The number of carbonyl (C=O) groups excluding carboxylic acids is 1. The second kappa shape index (κ2) is 18.2. The smallest absolute Gasteiger partial charge is 0.280 e. The zero-order valence-corrected chi connectivity index (χ0v) is 31.5. The minimum Gasteiger partial charge on any atom is -0.494 e. The number of amides is 1. The second-order valence-electron chi connectivity index (χ2n) is 12.2. The van der Waals surface area contributed by atoms with Crippen molar-refractivity contribution >= 4 is 73.4 Å². The zero-order valence-electron chi connectivity index (χ0n) is 28.4. The molecule has 1 aliphatic rings. The Bertz CT molecular complexity index is 1780. The number of sulfone groups is 1. The van der Waals surface area contributed by atoms with Gasteiger partial charge in [-0.3, -0.25) is 10.2 Å². The van der Waals surface area contributed by atoms with E-state index in [1.54, 1.807) is 12.1 Å². The van der Waals surface area contributed by atoms with Crippen LogP contribution in [0.2, 0.25) is 15.1 Å². The molecular weight excluding hydrogens is 705 g/mol. The SMILES string of the molecule is CCCCCCCCCCCCS(=O)(=O)c1ccc(N=C2NN(c3c(Cl)cc(Cl)cc3Cl)C(=O)C2N=Nc2ccc(C)c(C)c2)c(OC)c1. The number of ether oxygens (including phenoxy) is 1. The number of unbranched alkanes of at least 4 members (excludes halogenated alkanes) is 9. The van der Waals surface area contributed by atoms with Gasteiger partial charge in [-0.15, -0.1) is 0 Å². The minimum atomic E-state index is -3.55. The van der Waals surface area contributed by atoms with E-state index in [9.17, 15) is 13.2 Å². The average molecular weight is 749 g/mol. The van der Waals surface area contributed by atoms with Crippen molar-refractivity contribution < 1.29 is 17.9 Å². The van der Waals surface area contributed by atoms with Crippen molar-refractivity contribution in [2.75, 3.05) is 17.9 Å². The van der Waals surface area contributed by atoms with E-state index in [2.05, 4.69) is 27.6 Å². The van der Waals surface area contributed by atoms with Gasteiger partial charge in [0, 0.05) is 11.1 Å². The number of azo groups is 1. The fourth-order valence-electron chi connectivity index (χ4n) is 5.46. The van der Waals surface area contributed by atoms with Crippen LogP contribution in [-0.4, -0.2) is 39.1 Å². The number of nitrogens with zero attached hydrogens (tertiary/aromatic N) is 4. The Labute approximate surface area is 305 Å². The van der Waals surface area contributed by atoms with Crippen LogP contribution >= 0.6 is 34.8 Å². The summed E-state index contributed by atoms with van der Waals surface area (Å²) in [6.45, 7) is 6.17. The molecule has 0 bridgehead atoms. The van der Waals surface area contributed by atoms with E-state index in [1.807, 2.05) is 26.0 Å². The predicted octanol–water partition coefficient (Wildman–Crippen LogP) is 10.7. The number of aryl methyl sites for hydroxylation is 2. The molecule has 0 radical (unpaired) electrons. The Morgan fingerprint density at radius 2 is 1.47 bits per heavy atom. The predicted molar refractivity (Wildman–Crippen MR) is 200 cm³/mol. The topological polar surface area (TPSA) is 113 Å². The first-order valence-corrected chi connectivity index (χ1v) is 19.5. The molecule has 1 unspecified atom stereocenters. The van der Waals surface area contributed by atoms with E-state index in [0.717, 1.165) is 35.4 Å². The highest BCUT2D eigenvalue weighted by Crippen LogP contribution is 2.38. The molecule has 49 heavy (non-hydrogen) atoms. The van der Waals surface area contributed by atoms with Crippen molar-refractivity contribution in [3.8, 4) is 5.75 Å². The van der Waals surface area contributed by atoms with Gasteiger partial charge in [0.1, 0.15) is 17.1 Å². The summed E-state index contributed by atoms with van der Waals surface area (Å²) in [5, 5.41) is 10.4. The van der Waals surface area contributed by atoms with Gasteiger partial charge in [-0.05, 0) is 67.8 Å². The second-order valence-corrected chi connectivity index (χ2v) is 15.6. The Morgan fingerprint density at radius 3 is 2.08 bits per heavy atom. The van der Waals surface area contributed by atoms with Crippen molar-refractivity contribution in [1.29, 1.82) is 0 Å². The third kappa shape index (κ3) is 10.4.